The van der Waals surface area contributed by atoms with E-state index < -0.39 is 0 Å². The van der Waals surface area contributed by atoms with Crippen LogP contribution in [0.5, 0.6) is 0 Å². The quantitative estimate of drug-likeness (QED) is 0.655. The van der Waals surface area contributed by atoms with Gasteiger partial charge in [-0.1, -0.05) is 26.7 Å². The lowest BCUT2D eigenvalue weighted by Crippen LogP contribution is -2.37. The summed E-state index contributed by atoms with van der Waals surface area (Å²) in [6, 6.07) is 0.0751. The molecule has 2 atom stereocenters. The van der Waals surface area contributed by atoms with Crippen LogP contribution in [0, 0.1) is 0 Å². The van der Waals surface area contributed by atoms with Crippen molar-refractivity contribution in [1.82, 2.24) is 10.2 Å². The maximum atomic E-state index is 12.2. The minimum atomic E-state index is 0.0751. The highest BCUT2D eigenvalue weighted by molar-refractivity contribution is 7.98. The lowest BCUT2D eigenvalue weighted by molar-refractivity contribution is -0.130. The average molecular weight is 272 g/mol. The maximum Gasteiger partial charge on any atom is 0.241 e. The van der Waals surface area contributed by atoms with E-state index in [0.29, 0.717) is 5.91 Å². The van der Waals surface area contributed by atoms with E-state index in [1.165, 1.54) is 18.6 Å². The number of hydrogen-bond donors (Lipinski definition) is 1. The van der Waals surface area contributed by atoms with Crippen molar-refractivity contribution < 1.29 is 4.79 Å². The van der Waals surface area contributed by atoms with Gasteiger partial charge in [0.25, 0.3) is 0 Å². The number of nitrogens with one attached hydrogen (secondary N) is 1. The second-order valence-electron chi connectivity index (χ2n) is 5.02. The number of thioether (sulfide) groups is 1. The van der Waals surface area contributed by atoms with Crippen molar-refractivity contribution in [2.24, 2.45) is 0 Å². The van der Waals surface area contributed by atoms with Gasteiger partial charge in [-0.2, -0.15) is 11.8 Å². The zero-order valence-corrected chi connectivity index (χ0v) is 12.9. The molecule has 2 unspecified atom stereocenters. The van der Waals surface area contributed by atoms with Crippen LogP contribution in [0.15, 0.2) is 0 Å². The molecular weight excluding hydrogens is 244 g/mol. The van der Waals surface area contributed by atoms with E-state index in [1.807, 2.05) is 11.8 Å². The molecule has 1 aliphatic heterocycles. The van der Waals surface area contributed by atoms with Gasteiger partial charge in [-0.15, -0.1) is 0 Å². The molecular formula is C14H28N2OS. The Bertz CT molecular complexity index is 248. The largest absolute Gasteiger partial charge is 0.326 e. The van der Waals surface area contributed by atoms with E-state index >= 15 is 0 Å². The summed E-state index contributed by atoms with van der Waals surface area (Å²) in [5.41, 5.74) is 0. The molecule has 1 aliphatic rings. The molecule has 1 amide bonds. The number of unbranched alkanes of at least 4 members (excludes halogenated alkanes) is 2. The van der Waals surface area contributed by atoms with E-state index in [4.69, 9.17) is 0 Å². The normalized spacial score (nSPS) is 23.9. The molecule has 0 radical (unpaired) electrons. The third kappa shape index (κ3) is 4.47. The number of carbonyl (C=O) groups is 1. The topological polar surface area (TPSA) is 32.3 Å². The van der Waals surface area contributed by atoms with Gasteiger partial charge in [0, 0.05) is 6.54 Å². The smallest absolute Gasteiger partial charge is 0.241 e. The van der Waals surface area contributed by atoms with Crippen molar-refractivity contribution in [3.05, 3.63) is 0 Å². The molecule has 1 saturated heterocycles. The van der Waals surface area contributed by atoms with Crippen LogP contribution >= 0.6 is 11.8 Å². The zero-order chi connectivity index (χ0) is 13.4. The van der Waals surface area contributed by atoms with Gasteiger partial charge in [0.05, 0.1) is 12.2 Å². The first kappa shape index (κ1) is 15.8. The third-order valence-corrected chi connectivity index (χ3v) is 4.26. The molecule has 0 saturated carbocycles. The van der Waals surface area contributed by atoms with E-state index in [-0.39, 0.29) is 12.2 Å². The summed E-state index contributed by atoms with van der Waals surface area (Å²) in [7, 11) is 0. The van der Waals surface area contributed by atoms with Gasteiger partial charge in [-0.3, -0.25) is 10.1 Å². The molecule has 0 aliphatic carbocycles. The van der Waals surface area contributed by atoms with Crippen LogP contribution in [0.2, 0.25) is 0 Å². The summed E-state index contributed by atoms with van der Waals surface area (Å²) >= 11 is 1.90. The standard InChI is InChI=1S/C14H28N2OS/c1-4-9-12-14(17)16(13(5-2)15-12)10-7-6-8-11-18-3/h12-13,15H,4-11H2,1-3H3. The highest BCUT2D eigenvalue weighted by Gasteiger charge is 2.36. The lowest BCUT2D eigenvalue weighted by Gasteiger charge is -2.22. The molecule has 1 rings (SSSR count). The van der Waals surface area contributed by atoms with Crippen molar-refractivity contribution in [1.29, 1.82) is 0 Å². The van der Waals surface area contributed by atoms with E-state index in [0.717, 1.165) is 32.2 Å². The van der Waals surface area contributed by atoms with Gasteiger partial charge in [-0.05, 0) is 37.7 Å². The molecule has 1 fully saturated rings. The first-order chi connectivity index (χ1) is 8.74. The Balaban J connectivity index is 2.34. The van der Waals surface area contributed by atoms with Crippen molar-refractivity contribution in [2.75, 3.05) is 18.6 Å². The fourth-order valence-corrected chi connectivity index (χ4v) is 3.05. The Morgan fingerprint density at radius 3 is 2.67 bits per heavy atom. The SMILES string of the molecule is CCCC1NC(CC)N(CCCCCSC)C1=O. The van der Waals surface area contributed by atoms with Crippen LogP contribution in [0.3, 0.4) is 0 Å². The Kier molecular flexibility index (Phi) is 7.75. The van der Waals surface area contributed by atoms with Crippen LogP contribution in [-0.4, -0.2) is 41.6 Å². The zero-order valence-electron chi connectivity index (χ0n) is 12.1. The molecule has 0 aromatic rings. The van der Waals surface area contributed by atoms with Crippen molar-refractivity contribution in [2.45, 2.75) is 64.6 Å². The van der Waals surface area contributed by atoms with Gasteiger partial charge in [0.15, 0.2) is 0 Å². The van der Waals surface area contributed by atoms with Crippen LogP contribution in [-0.2, 0) is 4.79 Å². The molecule has 4 heteroatoms. The minimum absolute atomic E-state index is 0.0751. The Morgan fingerprint density at radius 2 is 2.06 bits per heavy atom. The summed E-state index contributed by atoms with van der Waals surface area (Å²) in [5.74, 6) is 1.57. The van der Waals surface area contributed by atoms with Gasteiger partial charge < -0.3 is 4.90 Å². The molecule has 3 nitrogen and oxygen atoms in total. The van der Waals surface area contributed by atoms with Crippen molar-refractivity contribution >= 4 is 17.7 Å². The second-order valence-corrected chi connectivity index (χ2v) is 6.00. The van der Waals surface area contributed by atoms with Crippen molar-refractivity contribution in [3.8, 4) is 0 Å². The Labute approximate surface area is 116 Å². The highest BCUT2D eigenvalue weighted by Crippen LogP contribution is 2.18. The minimum Gasteiger partial charge on any atom is -0.326 e. The summed E-state index contributed by atoms with van der Waals surface area (Å²) in [6.07, 6.45) is 9.12. The molecule has 0 spiro atoms. The van der Waals surface area contributed by atoms with Gasteiger partial charge >= 0.3 is 0 Å². The monoisotopic (exact) mass is 272 g/mol. The van der Waals surface area contributed by atoms with E-state index in [2.05, 4.69) is 30.3 Å². The Morgan fingerprint density at radius 1 is 1.28 bits per heavy atom. The summed E-state index contributed by atoms with van der Waals surface area (Å²) in [5, 5.41) is 3.47. The van der Waals surface area contributed by atoms with Crippen LogP contribution in [0.4, 0.5) is 0 Å². The van der Waals surface area contributed by atoms with E-state index in [9.17, 15) is 4.79 Å². The van der Waals surface area contributed by atoms with Crippen LogP contribution in [0.25, 0.3) is 0 Å². The second kappa shape index (κ2) is 8.81. The molecule has 0 bridgehead atoms. The molecule has 0 aromatic carbocycles. The lowest BCUT2D eigenvalue weighted by atomic mass is 10.1. The van der Waals surface area contributed by atoms with Gasteiger partial charge in [0.1, 0.15) is 0 Å². The summed E-state index contributed by atoms with van der Waals surface area (Å²) < 4.78 is 0. The average Bonchev–Trinajstić information content (AvgIpc) is 2.67. The van der Waals surface area contributed by atoms with Gasteiger partial charge in [0.2, 0.25) is 5.91 Å². The molecule has 18 heavy (non-hydrogen) atoms. The molecule has 1 heterocycles. The fourth-order valence-electron chi connectivity index (χ4n) is 2.55. The first-order valence-corrected chi connectivity index (χ1v) is 8.69. The molecule has 0 aromatic heterocycles. The summed E-state index contributed by atoms with van der Waals surface area (Å²) in [6.45, 7) is 5.22. The number of rotatable bonds is 9. The predicted molar refractivity (Wildman–Crippen MR) is 79.9 cm³/mol. The highest BCUT2D eigenvalue weighted by atomic mass is 32.2. The Hall–Kier alpha value is -0.220. The van der Waals surface area contributed by atoms with Crippen LogP contribution in [0.1, 0.15) is 52.4 Å². The predicted octanol–water partition coefficient (Wildman–Crippen LogP) is 2.86. The number of nitrogens with zero attached hydrogens (tertiary/aromatic N) is 1. The number of amides is 1. The van der Waals surface area contributed by atoms with E-state index in [1.54, 1.807) is 0 Å². The third-order valence-electron chi connectivity index (χ3n) is 3.56. The first-order valence-electron chi connectivity index (χ1n) is 7.30. The number of hydrogen-bond acceptors (Lipinski definition) is 3. The molecule has 106 valence electrons. The van der Waals surface area contributed by atoms with Gasteiger partial charge in [-0.25, -0.2) is 0 Å². The fraction of sp³-hybridized carbons (Fsp3) is 0.929. The van der Waals surface area contributed by atoms with Crippen LogP contribution < -0.4 is 5.32 Å². The summed E-state index contributed by atoms with van der Waals surface area (Å²) in [4.78, 5) is 14.3. The maximum absolute atomic E-state index is 12.2. The number of carbonyl (C=O) groups excluding carboxylic acids is 1. The van der Waals surface area contributed by atoms with Crippen molar-refractivity contribution in [3.63, 3.8) is 0 Å². The molecule has 1 N–H and O–H groups in total.